The van der Waals surface area contributed by atoms with Crippen molar-refractivity contribution in [2.75, 3.05) is 4.72 Å². The van der Waals surface area contributed by atoms with E-state index in [1.165, 1.54) is 24.6 Å². The van der Waals surface area contributed by atoms with Gasteiger partial charge in [0.15, 0.2) is 5.58 Å². The second-order valence-electron chi connectivity index (χ2n) is 5.10. The Bertz CT molecular complexity index is 1140. The molecule has 0 fully saturated rings. The fourth-order valence-corrected chi connectivity index (χ4v) is 3.36. The van der Waals surface area contributed by atoms with Crippen LogP contribution in [0.1, 0.15) is 0 Å². The van der Waals surface area contributed by atoms with Crippen LogP contribution >= 0.6 is 11.6 Å². The van der Waals surface area contributed by atoms with Gasteiger partial charge in [0.2, 0.25) is 5.89 Å². The van der Waals surface area contributed by atoms with Gasteiger partial charge in [0, 0.05) is 10.6 Å². The summed E-state index contributed by atoms with van der Waals surface area (Å²) in [6, 6.07) is 10.8. The summed E-state index contributed by atoms with van der Waals surface area (Å²) in [5.41, 5.74) is 1.56. The minimum atomic E-state index is -3.85. The molecule has 25 heavy (non-hydrogen) atoms. The molecule has 0 saturated carbocycles. The van der Waals surface area contributed by atoms with Crippen LogP contribution in [0.3, 0.4) is 0 Å². The highest BCUT2D eigenvalue weighted by molar-refractivity contribution is 7.92. The number of fused-ring (bicyclic) bond motifs is 1. The van der Waals surface area contributed by atoms with Crippen LogP contribution in [0.2, 0.25) is 5.02 Å². The second-order valence-corrected chi connectivity index (χ2v) is 7.22. The third-order valence-corrected chi connectivity index (χ3v) is 4.99. The third kappa shape index (κ3) is 3.09. The van der Waals surface area contributed by atoms with Crippen LogP contribution in [-0.4, -0.2) is 18.4 Å². The highest BCUT2D eigenvalue weighted by Gasteiger charge is 2.18. The topological polar surface area (TPSA) is 98.2 Å². The Morgan fingerprint density at radius 3 is 2.60 bits per heavy atom. The number of oxazole rings is 2. The number of anilines is 1. The number of hydrogen-bond acceptors (Lipinski definition) is 6. The van der Waals surface area contributed by atoms with E-state index in [-0.39, 0.29) is 10.9 Å². The molecule has 0 aliphatic rings. The lowest BCUT2D eigenvalue weighted by Crippen LogP contribution is -2.13. The van der Waals surface area contributed by atoms with Crippen LogP contribution in [0, 0.1) is 0 Å². The lowest BCUT2D eigenvalue weighted by atomic mass is 10.2. The van der Waals surface area contributed by atoms with Crippen molar-refractivity contribution in [3.63, 3.8) is 0 Å². The summed E-state index contributed by atoms with van der Waals surface area (Å²) in [6.07, 6.45) is 2.96. The Hall–Kier alpha value is -2.84. The van der Waals surface area contributed by atoms with E-state index in [0.717, 1.165) is 0 Å². The maximum absolute atomic E-state index is 12.5. The fraction of sp³-hybridized carbons (Fsp3) is 0. The molecule has 0 unspecified atom stereocenters. The summed E-state index contributed by atoms with van der Waals surface area (Å²) in [5, 5.41) is 0.484. The van der Waals surface area contributed by atoms with E-state index in [2.05, 4.69) is 14.7 Å². The van der Waals surface area contributed by atoms with Gasteiger partial charge in [-0.1, -0.05) is 11.6 Å². The molecular formula is C16H10ClN3O4S. The molecule has 2 aromatic carbocycles. The van der Waals surface area contributed by atoms with Gasteiger partial charge in [-0.25, -0.2) is 18.1 Å². The molecule has 9 heteroatoms. The molecule has 1 N–H and O–H groups in total. The molecule has 4 rings (SSSR count). The summed E-state index contributed by atoms with van der Waals surface area (Å²) < 4.78 is 37.8. The molecular weight excluding hydrogens is 366 g/mol. The Kier molecular flexibility index (Phi) is 3.70. The van der Waals surface area contributed by atoms with Crippen molar-refractivity contribution < 1.29 is 17.3 Å². The van der Waals surface area contributed by atoms with Gasteiger partial charge in [-0.15, -0.1) is 0 Å². The van der Waals surface area contributed by atoms with Crippen LogP contribution in [0.5, 0.6) is 0 Å². The maximum Gasteiger partial charge on any atom is 0.309 e. The summed E-state index contributed by atoms with van der Waals surface area (Å²) in [4.78, 5) is 8.14. The molecule has 0 atom stereocenters. The van der Waals surface area contributed by atoms with Crippen LogP contribution in [0.4, 0.5) is 6.01 Å². The highest BCUT2D eigenvalue weighted by Crippen LogP contribution is 2.25. The molecule has 2 heterocycles. The number of aromatic nitrogens is 2. The van der Waals surface area contributed by atoms with E-state index in [1.807, 2.05) is 0 Å². The quantitative estimate of drug-likeness (QED) is 0.580. The van der Waals surface area contributed by atoms with Gasteiger partial charge in [-0.3, -0.25) is 0 Å². The number of sulfonamides is 1. The predicted octanol–water partition coefficient (Wildman–Crippen LogP) is 3.94. The van der Waals surface area contributed by atoms with E-state index in [0.29, 0.717) is 27.6 Å². The Labute approximate surface area is 147 Å². The van der Waals surface area contributed by atoms with Gasteiger partial charge in [0.1, 0.15) is 11.8 Å². The van der Waals surface area contributed by atoms with Crippen molar-refractivity contribution in [2.45, 2.75) is 4.90 Å². The van der Waals surface area contributed by atoms with Gasteiger partial charge in [-0.05, 0) is 42.5 Å². The van der Waals surface area contributed by atoms with Crippen LogP contribution < -0.4 is 4.72 Å². The molecule has 4 aromatic rings. The molecule has 0 radical (unpaired) electrons. The van der Waals surface area contributed by atoms with Crippen molar-refractivity contribution in [1.29, 1.82) is 0 Å². The van der Waals surface area contributed by atoms with E-state index in [9.17, 15) is 8.42 Å². The zero-order valence-electron chi connectivity index (χ0n) is 12.5. The molecule has 0 saturated heterocycles. The first-order valence-corrected chi connectivity index (χ1v) is 8.96. The number of benzene rings is 2. The summed E-state index contributed by atoms with van der Waals surface area (Å²) >= 11 is 5.88. The van der Waals surface area contributed by atoms with E-state index in [1.54, 1.807) is 30.3 Å². The Morgan fingerprint density at radius 2 is 1.88 bits per heavy atom. The molecule has 7 nitrogen and oxygen atoms in total. The first-order valence-electron chi connectivity index (χ1n) is 7.10. The van der Waals surface area contributed by atoms with Crippen LogP contribution in [0.25, 0.3) is 22.6 Å². The Morgan fingerprint density at radius 1 is 1.08 bits per heavy atom. The van der Waals surface area contributed by atoms with E-state index < -0.39 is 10.0 Å². The highest BCUT2D eigenvalue weighted by atomic mass is 35.5. The molecule has 0 spiro atoms. The van der Waals surface area contributed by atoms with Crippen molar-refractivity contribution in [3.8, 4) is 11.5 Å². The lowest BCUT2D eigenvalue weighted by molar-refractivity contribution is 0.574. The standard InChI is InChI=1S/C16H10ClN3O4S/c17-11-3-6-14-13(9-11)19-16(24-14)20-25(21,22)12-4-1-10(2-5-12)15-18-7-8-23-15/h1-9H,(H,19,20). The lowest BCUT2D eigenvalue weighted by Gasteiger charge is -2.04. The SMILES string of the molecule is O=S(=O)(Nc1nc2cc(Cl)ccc2o1)c1ccc(-c2ncco2)cc1. The number of halogens is 1. The molecule has 0 aliphatic carbocycles. The third-order valence-electron chi connectivity index (χ3n) is 3.42. The summed E-state index contributed by atoms with van der Waals surface area (Å²) in [6.45, 7) is 0. The molecule has 0 amide bonds. The zero-order valence-corrected chi connectivity index (χ0v) is 14.1. The van der Waals surface area contributed by atoms with Crippen LogP contribution in [0.15, 0.2) is 68.7 Å². The Balaban J connectivity index is 1.62. The van der Waals surface area contributed by atoms with E-state index >= 15 is 0 Å². The van der Waals surface area contributed by atoms with Crippen molar-refractivity contribution in [1.82, 2.24) is 9.97 Å². The van der Waals surface area contributed by atoms with Gasteiger partial charge >= 0.3 is 6.01 Å². The fourth-order valence-electron chi connectivity index (χ4n) is 2.26. The van der Waals surface area contributed by atoms with Gasteiger partial charge in [0.25, 0.3) is 10.0 Å². The van der Waals surface area contributed by atoms with E-state index in [4.69, 9.17) is 20.4 Å². The first-order chi connectivity index (χ1) is 12.0. The molecule has 0 aliphatic heterocycles. The normalized spacial score (nSPS) is 11.7. The largest absolute Gasteiger partial charge is 0.445 e. The van der Waals surface area contributed by atoms with Crippen molar-refractivity contribution in [2.24, 2.45) is 0 Å². The average Bonchev–Trinajstić information content (AvgIpc) is 3.23. The first kappa shape index (κ1) is 15.7. The minimum absolute atomic E-state index is 0.0584. The molecule has 126 valence electrons. The predicted molar refractivity (Wildman–Crippen MR) is 91.8 cm³/mol. The number of nitrogens with one attached hydrogen (secondary N) is 1. The summed E-state index contributed by atoms with van der Waals surface area (Å²) in [7, 11) is -3.85. The summed E-state index contributed by atoms with van der Waals surface area (Å²) in [5.74, 6) is 0.410. The smallest absolute Gasteiger partial charge is 0.309 e. The average molecular weight is 376 g/mol. The maximum atomic E-state index is 12.5. The van der Waals surface area contributed by atoms with Gasteiger partial charge in [0.05, 0.1) is 11.1 Å². The molecule has 2 aromatic heterocycles. The number of rotatable bonds is 4. The number of hydrogen-bond donors (Lipinski definition) is 1. The second kappa shape index (κ2) is 5.91. The van der Waals surface area contributed by atoms with Crippen molar-refractivity contribution in [3.05, 3.63) is 59.9 Å². The van der Waals surface area contributed by atoms with Gasteiger partial charge < -0.3 is 8.83 Å². The van der Waals surface area contributed by atoms with Crippen LogP contribution in [-0.2, 0) is 10.0 Å². The zero-order chi connectivity index (χ0) is 17.4. The van der Waals surface area contributed by atoms with Crippen molar-refractivity contribution >= 4 is 38.7 Å². The number of nitrogens with zero attached hydrogens (tertiary/aromatic N) is 2. The monoisotopic (exact) mass is 375 g/mol. The minimum Gasteiger partial charge on any atom is -0.445 e. The molecule has 0 bridgehead atoms. The van der Waals surface area contributed by atoms with Gasteiger partial charge in [-0.2, -0.15) is 4.98 Å².